The molecule has 1 heterocycles. The molecule has 0 fully saturated rings. The Labute approximate surface area is 71.1 Å². The Morgan fingerprint density at radius 3 is 3.00 bits per heavy atom. The van der Waals surface area contributed by atoms with Gasteiger partial charge in [-0.3, -0.25) is 9.48 Å². The molecule has 0 aliphatic rings. The van der Waals surface area contributed by atoms with Crippen LogP contribution in [0.2, 0.25) is 0 Å². The van der Waals surface area contributed by atoms with Crippen molar-refractivity contribution in [3.8, 4) is 0 Å². The molecule has 0 N–H and O–H groups in total. The van der Waals surface area contributed by atoms with Crippen LogP contribution in [0.1, 0.15) is 5.56 Å². The molecule has 0 spiro atoms. The lowest BCUT2D eigenvalue weighted by Crippen LogP contribution is -2.15. The van der Waals surface area contributed by atoms with Crippen molar-refractivity contribution >= 4 is 5.78 Å². The van der Waals surface area contributed by atoms with Crippen LogP contribution in [-0.2, 0) is 16.1 Å². The summed E-state index contributed by atoms with van der Waals surface area (Å²) in [5.74, 6) is 0.0283. The molecule has 0 radical (unpaired) electrons. The monoisotopic (exact) mass is 168 g/mol. The highest BCUT2D eigenvalue weighted by atomic mass is 16.5. The number of aryl methyl sites for hydroxylation is 1. The molecule has 1 aromatic rings. The van der Waals surface area contributed by atoms with Crippen LogP contribution < -0.4 is 0 Å². The molecule has 0 bridgehead atoms. The van der Waals surface area contributed by atoms with Gasteiger partial charge in [0.05, 0.1) is 6.20 Å². The number of Topliss-reactive ketones (excluding diaryl/α,β-unsaturated/α-hetero) is 1. The highest BCUT2D eigenvalue weighted by molar-refractivity contribution is 5.79. The van der Waals surface area contributed by atoms with E-state index in [1.54, 1.807) is 10.9 Å². The van der Waals surface area contributed by atoms with Crippen LogP contribution in [0.3, 0.4) is 0 Å². The van der Waals surface area contributed by atoms with Crippen molar-refractivity contribution < 1.29 is 9.53 Å². The third kappa shape index (κ3) is 2.47. The average Bonchev–Trinajstić information content (AvgIpc) is 2.36. The van der Waals surface area contributed by atoms with E-state index in [-0.39, 0.29) is 12.4 Å². The largest absolute Gasteiger partial charge is 0.377 e. The summed E-state index contributed by atoms with van der Waals surface area (Å²) in [4.78, 5) is 11.0. The van der Waals surface area contributed by atoms with E-state index in [2.05, 4.69) is 5.10 Å². The fourth-order valence-corrected chi connectivity index (χ4v) is 0.941. The number of rotatable bonds is 4. The standard InChI is InChI=1S/C8H12N2O2/c1-7-3-9-10(4-7)5-8(11)6-12-2/h3-4H,5-6H2,1-2H3. The summed E-state index contributed by atoms with van der Waals surface area (Å²) < 4.78 is 6.30. The molecule has 0 saturated heterocycles. The van der Waals surface area contributed by atoms with Gasteiger partial charge in [-0.25, -0.2) is 0 Å². The lowest BCUT2D eigenvalue weighted by atomic mass is 10.4. The van der Waals surface area contributed by atoms with Gasteiger partial charge in [-0.15, -0.1) is 0 Å². The lowest BCUT2D eigenvalue weighted by Gasteiger charge is -1.98. The number of hydrogen-bond acceptors (Lipinski definition) is 3. The van der Waals surface area contributed by atoms with Gasteiger partial charge in [0.15, 0.2) is 5.78 Å². The minimum absolute atomic E-state index is 0.0283. The van der Waals surface area contributed by atoms with Crippen LogP contribution in [0.5, 0.6) is 0 Å². The number of carbonyl (C=O) groups excluding carboxylic acids is 1. The van der Waals surface area contributed by atoms with E-state index < -0.39 is 0 Å². The van der Waals surface area contributed by atoms with E-state index >= 15 is 0 Å². The van der Waals surface area contributed by atoms with Gasteiger partial charge in [-0.05, 0) is 12.5 Å². The normalized spacial score (nSPS) is 10.2. The molecule has 4 heteroatoms. The van der Waals surface area contributed by atoms with Gasteiger partial charge in [-0.1, -0.05) is 0 Å². The molecule has 0 saturated carbocycles. The molecule has 66 valence electrons. The molecule has 4 nitrogen and oxygen atoms in total. The first-order valence-corrected chi connectivity index (χ1v) is 3.72. The third-order valence-corrected chi connectivity index (χ3v) is 1.41. The quantitative estimate of drug-likeness (QED) is 0.654. The highest BCUT2D eigenvalue weighted by Crippen LogP contribution is 1.94. The van der Waals surface area contributed by atoms with E-state index in [1.165, 1.54) is 7.11 Å². The zero-order valence-electron chi connectivity index (χ0n) is 7.28. The molecule has 0 aromatic carbocycles. The zero-order valence-corrected chi connectivity index (χ0v) is 7.28. The van der Waals surface area contributed by atoms with Gasteiger partial charge in [0.25, 0.3) is 0 Å². The number of aromatic nitrogens is 2. The Balaban J connectivity index is 2.46. The second-order valence-corrected chi connectivity index (χ2v) is 2.69. The molecule has 0 aliphatic carbocycles. The Kier molecular flexibility index (Phi) is 2.99. The highest BCUT2D eigenvalue weighted by Gasteiger charge is 2.02. The number of ether oxygens (including phenoxy) is 1. The fourth-order valence-electron chi connectivity index (χ4n) is 0.941. The van der Waals surface area contributed by atoms with E-state index in [0.29, 0.717) is 6.54 Å². The Hall–Kier alpha value is -1.16. The number of hydrogen-bond donors (Lipinski definition) is 0. The van der Waals surface area contributed by atoms with E-state index in [1.807, 2.05) is 13.1 Å². The first-order chi connectivity index (χ1) is 5.72. The van der Waals surface area contributed by atoms with Crippen molar-refractivity contribution in [3.05, 3.63) is 18.0 Å². The summed E-state index contributed by atoms with van der Waals surface area (Å²) >= 11 is 0. The molecule has 1 aromatic heterocycles. The SMILES string of the molecule is COCC(=O)Cn1cc(C)cn1. The number of nitrogens with zero attached hydrogens (tertiary/aromatic N) is 2. The van der Waals surface area contributed by atoms with E-state index in [4.69, 9.17) is 4.74 Å². The van der Waals surface area contributed by atoms with E-state index in [0.717, 1.165) is 5.56 Å². The summed E-state index contributed by atoms with van der Waals surface area (Å²) in [6.45, 7) is 2.38. The second kappa shape index (κ2) is 4.01. The minimum Gasteiger partial charge on any atom is -0.377 e. The van der Waals surface area contributed by atoms with Gasteiger partial charge >= 0.3 is 0 Å². The van der Waals surface area contributed by atoms with Gasteiger partial charge in [-0.2, -0.15) is 5.10 Å². The molecule has 0 aliphatic heterocycles. The van der Waals surface area contributed by atoms with Crippen LogP contribution in [-0.4, -0.2) is 29.3 Å². The third-order valence-electron chi connectivity index (χ3n) is 1.41. The van der Waals surface area contributed by atoms with Gasteiger partial charge in [0, 0.05) is 13.3 Å². The van der Waals surface area contributed by atoms with Crippen LogP contribution >= 0.6 is 0 Å². The summed E-state index contributed by atoms with van der Waals surface area (Å²) in [5, 5.41) is 3.98. The van der Waals surface area contributed by atoms with Crippen molar-refractivity contribution in [1.29, 1.82) is 0 Å². The van der Waals surface area contributed by atoms with Crippen molar-refractivity contribution in [2.75, 3.05) is 13.7 Å². The van der Waals surface area contributed by atoms with Crippen molar-refractivity contribution in [1.82, 2.24) is 9.78 Å². The molecular formula is C8H12N2O2. The molecule has 0 atom stereocenters. The van der Waals surface area contributed by atoms with Crippen molar-refractivity contribution in [3.63, 3.8) is 0 Å². The maximum atomic E-state index is 11.0. The summed E-state index contributed by atoms with van der Waals surface area (Å²) in [5.41, 5.74) is 1.06. The van der Waals surface area contributed by atoms with Crippen LogP contribution in [0.15, 0.2) is 12.4 Å². The zero-order chi connectivity index (χ0) is 8.97. The van der Waals surface area contributed by atoms with E-state index in [9.17, 15) is 4.79 Å². The first kappa shape index (κ1) is 8.93. The molecule has 0 amide bonds. The average molecular weight is 168 g/mol. The summed E-state index contributed by atoms with van der Waals surface area (Å²) in [7, 11) is 1.51. The maximum Gasteiger partial charge on any atom is 0.179 e. The smallest absolute Gasteiger partial charge is 0.179 e. The minimum atomic E-state index is 0.0283. The molecular weight excluding hydrogens is 156 g/mol. The summed E-state index contributed by atoms with van der Waals surface area (Å²) in [6.07, 6.45) is 3.55. The van der Waals surface area contributed by atoms with Crippen LogP contribution in [0.25, 0.3) is 0 Å². The number of methoxy groups -OCH3 is 1. The van der Waals surface area contributed by atoms with Gasteiger partial charge < -0.3 is 4.74 Å². The molecule has 0 unspecified atom stereocenters. The summed E-state index contributed by atoms with van der Waals surface area (Å²) in [6, 6.07) is 0. The van der Waals surface area contributed by atoms with Crippen molar-refractivity contribution in [2.24, 2.45) is 0 Å². The first-order valence-electron chi connectivity index (χ1n) is 3.72. The predicted octanol–water partition coefficient (Wildman–Crippen LogP) is 0.407. The predicted molar refractivity (Wildman–Crippen MR) is 43.8 cm³/mol. The molecule has 12 heavy (non-hydrogen) atoms. The van der Waals surface area contributed by atoms with Crippen LogP contribution in [0.4, 0.5) is 0 Å². The maximum absolute atomic E-state index is 11.0. The van der Waals surface area contributed by atoms with Crippen molar-refractivity contribution in [2.45, 2.75) is 13.5 Å². The van der Waals surface area contributed by atoms with Crippen LogP contribution in [0, 0.1) is 6.92 Å². The Morgan fingerprint density at radius 1 is 1.75 bits per heavy atom. The number of carbonyl (C=O) groups is 1. The lowest BCUT2D eigenvalue weighted by molar-refractivity contribution is -0.123. The van der Waals surface area contributed by atoms with Gasteiger partial charge in [0.1, 0.15) is 13.2 Å². The Morgan fingerprint density at radius 2 is 2.50 bits per heavy atom. The Bertz CT molecular complexity index is 268. The second-order valence-electron chi connectivity index (χ2n) is 2.69. The molecule has 1 rings (SSSR count). The van der Waals surface area contributed by atoms with Gasteiger partial charge in [0.2, 0.25) is 0 Å². The fraction of sp³-hybridized carbons (Fsp3) is 0.500. The number of ketones is 1. The topological polar surface area (TPSA) is 44.1 Å².